The Morgan fingerprint density at radius 2 is 1.64 bits per heavy atom. The maximum absolute atomic E-state index is 13.3. The van der Waals surface area contributed by atoms with Gasteiger partial charge in [-0.05, 0) is 105 Å². The van der Waals surface area contributed by atoms with Gasteiger partial charge >= 0.3 is 6.03 Å². The van der Waals surface area contributed by atoms with Gasteiger partial charge in [0.2, 0.25) is 0 Å². The second-order valence-corrected chi connectivity index (χ2v) is 10.0. The van der Waals surface area contributed by atoms with Crippen LogP contribution in [-0.2, 0) is 9.59 Å². The van der Waals surface area contributed by atoms with Crippen molar-refractivity contribution in [3.05, 3.63) is 63.7 Å². The van der Waals surface area contributed by atoms with Gasteiger partial charge in [-0.1, -0.05) is 13.0 Å². The number of imide groups is 2. The van der Waals surface area contributed by atoms with Crippen molar-refractivity contribution >= 4 is 35.3 Å². The number of fused-ring (bicyclic) bond motifs is 1. The van der Waals surface area contributed by atoms with Gasteiger partial charge in [0.1, 0.15) is 5.57 Å². The van der Waals surface area contributed by atoms with Crippen LogP contribution in [0.25, 0.3) is 6.08 Å². The monoisotopic (exact) mass is 445 g/mol. The molecule has 2 heterocycles. The summed E-state index contributed by atoms with van der Waals surface area (Å²) in [5, 5.41) is 2.33. The Bertz CT molecular complexity index is 1210. The molecule has 0 spiro atoms. The number of benzene rings is 2. The number of anilines is 2. The Balaban J connectivity index is 1.78. The molecular weight excluding hydrogens is 414 g/mol. The molecule has 0 aliphatic carbocycles. The molecule has 6 heteroatoms. The van der Waals surface area contributed by atoms with Crippen molar-refractivity contribution in [1.82, 2.24) is 5.32 Å². The van der Waals surface area contributed by atoms with Crippen LogP contribution in [-0.4, -0.2) is 30.4 Å². The Morgan fingerprint density at radius 1 is 1.00 bits per heavy atom. The second kappa shape index (κ2) is 7.87. The van der Waals surface area contributed by atoms with E-state index >= 15 is 0 Å². The summed E-state index contributed by atoms with van der Waals surface area (Å²) in [6.45, 7) is 12.5. The van der Waals surface area contributed by atoms with Gasteiger partial charge in [0.05, 0.1) is 5.69 Å². The van der Waals surface area contributed by atoms with Crippen molar-refractivity contribution in [1.29, 1.82) is 0 Å². The van der Waals surface area contributed by atoms with E-state index in [0.717, 1.165) is 33.6 Å². The molecule has 6 nitrogen and oxygen atoms in total. The minimum atomic E-state index is -0.730. The van der Waals surface area contributed by atoms with Gasteiger partial charge in [-0.3, -0.25) is 14.9 Å². The standard InChI is InChI=1S/C27H31N3O3/c1-15-8-16(2)10-20(9-15)30-25(32)22(24(31)28-26(30)33)13-19-12-21-18(4)14-27(5,6)29(7)23(21)11-17(19)3/h8-13,18H,14H2,1-7H3,(H,28,31,33)/b22-13+/t18-/m1/s1. The molecular formula is C27H31N3O3. The van der Waals surface area contributed by atoms with E-state index in [2.05, 4.69) is 50.2 Å². The quantitative estimate of drug-likeness (QED) is 0.522. The Morgan fingerprint density at radius 3 is 2.27 bits per heavy atom. The van der Waals surface area contributed by atoms with Crippen molar-refractivity contribution in [2.24, 2.45) is 0 Å². The maximum Gasteiger partial charge on any atom is 0.335 e. The number of urea groups is 1. The predicted molar refractivity (Wildman–Crippen MR) is 132 cm³/mol. The molecule has 4 amide bonds. The van der Waals surface area contributed by atoms with Crippen LogP contribution >= 0.6 is 0 Å². The lowest BCUT2D eigenvalue weighted by molar-refractivity contribution is -0.122. The lowest BCUT2D eigenvalue weighted by atomic mass is 9.79. The summed E-state index contributed by atoms with van der Waals surface area (Å²) in [5.74, 6) is -0.945. The molecule has 2 aliphatic rings. The third-order valence-corrected chi connectivity index (χ3v) is 6.89. The number of barbiturate groups is 1. The minimum Gasteiger partial charge on any atom is -0.369 e. The van der Waals surface area contributed by atoms with Gasteiger partial charge < -0.3 is 4.90 Å². The van der Waals surface area contributed by atoms with Crippen molar-refractivity contribution < 1.29 is 14.4 Å². The molecule has 2 aliphatic heterocycles. The summed E-state index contributed by atoms with van der Waals surface area (Å²) in [5.41, 5.74) is 6.45. The van der Waals surface area contributed by atoms with Crippen LogP contribution in [0.3, 0.4) is 0 Å². The van der Waals surface area contributed by atoms with Gasteiger partial charge in [-0.2, -0.15) is 0 Å². The first-order valence-corrected chi connectivity index (χ1v) is 11.3. The van der Waals surface area contributed by atoms with Crippen LogP contribution in [0.5, 0.6) is 0 Å². The highest BCUT2D eigenvalue weighted by Gasteiger charge is 2.38. The first-order chi connectivity index (χ1) is 15.4. The zero-order valence-corrected chi connectivity index (χ0v) is 20.4. The molecule has 2 aromatic rings. The Hall–Kier alpha value is -3.41. The fraction of sp³-hybridized carbons (Fsp3) is 0.370. The number of hydrogen-bond donors (Lipinski definition) is 1. The number of carbonyl (C=O) groups is 3. The van der Waals surface area contributed by atoms with E-state index in [1.54, 1.807) is 18.2 Å². The number of hydrogen-bond acceptors (Lipinski definition) is 4. The topological polar surface area (TPSA) is 69.7 Å². The van der Waals surface area contributed by atoms with Crippen molar-refractivity contribution in [2.75, 3.05) is 16.8 Å². The molecule has 1 fully saturated rings. The molecule has 0 bridgehead atoms. The predicted octanol–water partition coefficient (Wildman–Crippen LogP) is 5.00. The zero-order chi connectivity index (χ0) is 24.2. The maximum atomic E-state index is 13.3. The third-order valence-electron chi connectivity index (χ3n) is 6.89. The van der Waals surface area contributed by atoms with Crippen LogP contribution in [0.4, 0.5) is 16.2 Å². The molecule has 33 heavy (non-hydrogen) atoms. The highest BCUT2D eigenvalue weighted by Crippen LogP contribution is 2.43. The number of nitrogens with zero attached hydrogens (tertiary/aromatic N) is 2. The lowest BCUT2D eigenvalue weighted by Crippen LogP contribution is -2.54. The highest BCUT2D eigenvalue weighted by molar-refractivity contribution is 6.39. The molecule has 2 aromatic carbocycles. The molecule has 0 unspecified atom stereocenters. The molecule has 1 saturated heterocycles. The molecule has 172 valence electrons. The third kappa shape index (κ3) is 3.94. The fourth-order valence-corrected chi connectivity index (χ4v) is 5.02. The van der Waals surface area contributed by atoms with Crippen LogP contribution in [0, 0.1) is 20.8 Å². The number of carbonyl (C=O) groups excluding carboxylic acids is 3. The van der Waals surface area contributed by atoms with Gasteiger partial charge in [-0.15, -0.1) is 0 Å². The second-order valence-electron chi connectivity index (χ2n) is 10.0. The summed E-state index contributed by atoms with van der Waals surface area (Å²) in [4.78, 5) is 41.9. The Labute approximate surface area is 195 Å². The average Bonchev–Trinajstić information content (AvgIpc) is 2.69. The van der Waals surface area contributed by atoms with Crippen molar-refractivity contribution in [2.45, 2.75) is 59.4 Å². The minimum absolute atomic E-state index is 0.0465. The molecule has 1 atom stereocenters. The van der Waals surface area contributed by atoms with Crippen LogP contribution in [0.15, 0.2) is 35.9 Å². The molecule has 0 radical (unpaired) electrons. The SMILES string of the molecule is Cc1cc(C)cc(N2C(=O)NC(=O)/C(=C\c3cc4c(cc3C)N(C)C(C)(C)C[C@H]4C)C2=O)c1. The van der Waals surface area contributed by atoms with Crippen LogP contribution < -0.4 is 15.1 Å². The summed E-state index contributed by atoms with van der Waals surface area (Å²) >= 11 is 0. The van der Waals surface area contributed by atoms with E-state index in [1.165, 1.54) is 11.3 Å². The zero-order valence-electron chi connectivity index (χ0n) is 20.4. The van der Waals surface area contributed by atoms with E-state index < -0.39 is 17.8 Å². The summed E-state index contributed by atoms with van der Waals surface area (Å²) in [6.07, 6.45) is 2.62. The van der Waals surface area contributed by atoms with E-state index in [0.29, 0.717) is 11.6 Å². The van der Waals surface area contributed by atoms with Crippen molar-refractivity contribution in [3.8, 4) is 0 Å². The molecule has 0 aromatic heterocycles. The molecule has 0 saturated carbocycles. The number of rotatable bonds is 2. The normalized spacial score (nSPS) is 21.4. The summed E-state index contributed by atoms with van der Waals surface area (Å²) < 4.78 is 0. The van der Waals surface area contributed by atoms with Gasteiger partial charge in [0, 0.05) is 18.3 Å². The number of nitrogens with one attached hydrogen (secondary N) is 1. The summed E-state index contributed by atoms with van der Waals surface area (Å²) in [7, 11) is 2.10. The van der Waals surface area contributed by atoms with E-state index in [-0.39, 0.29) is 11.1 Å². The fourth-order valence-electron chi connectivity index (χ4n) is 5.02. The largest absolute Gasteiger partial charge is 0.369 e. The number of amides is 4. The van der Waals surface area contributed by atoms with Gasteiger partial charge in [-0.25, -0.2) is 9.69 Å². The van der Waals surface area contributed by atoms with Gasteiger partial charge in [0.15, 0.2) is 0 Å². The molecule has 1 N–H and O–H groups in total. The molecule has 4 rings (SSSR count). The van der Waals surface area contributed by atoms with Crippen molar-refractivity contribution in [3.63, 3.8) is 0 Å². The highest BCUT2D eigenvalue weighted by atomic mass is 16.2. The Kier molecular flexibility index (Phi) is 5.43. The van der Waals surface area contributed by atoms with E-state index in [4.69, 9.17) is 0 Å². The van der Waals surface area contributed by atoms with E-state index in [1.807, 2.05) is 26.8 Å². The average molecular weight is 446 g/mol. The van der Waals surface area contributed by atoms with Gasteiger partial charge in [0.25, 0.3) is 11.8 Å². The number of aryl methyl sites for hydroxylation is 3. The first-order valence-electron chi connectivity index (χ1n) is 11.3. The smallest absolute Gasteiger partial charge is 0.335 e. The summed E-state index contributed by atoms with van der Waals surface area (Å²) in [6, 6.07) is 8.96. The van der Waals surface area contributed by atoms with Crippen LogP contribution in [0.2, 0.25) is 0 Å². The lowest BCUT2D eigenvalue weighted by Gasteiger charge is -2.45. The van der Waals surface area contributed by atoms with E-state index in [9.17, 15) is 14.4 Å². The first kappa shape index (κ1) is 22.8. The van der Waals surface area contributed by atoms with Crippen LogP contribution in [0.1, 0.15) is 60.9 Å².